The fourth-order valence-electron chi connectivity index (χ4n) is 3.86. The predicted octanol–water partition coefficient (Wildman–Crippen LogP) is 0.727. The topological polar surface area (TPSA) is 168 Å². The number of nitrogens with two attached hydrogens (primary N) is 2. The van der Waals surface area contributed by atoms with Crippen LogP contribution in [0.1, 0.15) is 52.4 Å². The van der Waals surface area contributed by atoms with E-state index in [4.69, 9.17) is 25.7 Å². The number of primary amides is 1. The van der Waals surface area contributed by atoms with Gasteiger partial charge in [-0.3, -0.25) is 9.59 Å². The Hall–Kier alpha value is -3.51. The Morgan fingerprint density at radius 3 is 2.57 bits per heavy atom. The van der Waals surface area contributed by atoms with Crippen LogP contribution in [-0.4, -0.2) is 79.9 Å². The highest BCUT2D eigenvalue weighted by Gasteiger charge is 2.25. The second-order valence-electron chi connectivity index (χ2n) is 8.33. The second kappa shape index (κ2) is 12.3. The van der Waals surface area contributed by atoms with Gasteiger partial charge < -0.3 is 35.9 Å². The van der Waals surface area contributed by atoms with Crippen LogP contribution in [0, 0.1) is 0 Å². The fraction of sp³-hybridized carbons (Fsp3) is 0.522. The third kappa shape index (κ3) is 6.99. The van der Waals surface area contributed by atoms with E-state index < -0.39 is 5.91 Å². The molecule has 2 aromatic heterocycles. The van der Waals surface area contributed by atoms with Gasteiger partial charge in [0.1, 0.15) is 17.6 Å². The summed E-state index contributed by atoms with van der Waals surface area (Å²) in [6, 6.07) is 5.26. The molecule has 0 spiro atoms. The van der Waals surface area contributed by atoms with E-state index >= 15 is 0 Å². The first-order valence-corrected chi connectivity index (χ1v) is 11.4. The molecule has 0 aliphatic carbocycles. The first-order chi connectivity index (χ1) is 16.8. The first kappa shape index (κ1) is 26.1. The number of nitrogen functional groups attached to an aromatic ring is 1. The van der Waals surface area contributed by atoms with Gasteiger partial charge >= 0.3 is 6.01 Å². The molecule has 0 unspecified atom stereocenters. The lowest BCUT2D eigenvalue weighted by atomic mass is 9.92. The normalized spacial score (nSPS) is 15.0. The summed E-state index contributed by atoms with van der Waals surface area (Å²) >= 11 is 0. The molecule has 1 saturated heterocycles. The van der Waals surface area contributed by atoms with Crippen molar-refractivity contribution in [3.05, 3.63) is 35.3 Å². The number of rotatable bonds is 11. The average Bonchev–Trinajstić information content (AvgIpc) is 2.84. The zero-order valence-electron chi connectivity index (χ0n) is 20.3. The minimum absolute atomic E-state index is 0.0943. The van der Waals surface area contributed by atoms with E-state index in [0.29, 0.717) is 38.7 Å². The lowest BCUT2D eigenvalue weighted by molar-refractivity contribution is 0.0841. The van der Waals surface area contributed by atoms with E-state index in [2.05, 4.69) is 25.2 Å². The molecular formula is C23H33N7O5. The van der Waals surface area contributed by atoms with E-state index in [0.717, 1.165) is 18.5 Å². The summed E-state index contributed by atoms with van der Waals surface area (Å²) in [5, 5.41) is 2.77. The van der Waals surface area contributed by atoms with Crippen molar-refractivity contribution in [2.45, 2.75) is 31.8 Å². The predicted molar refractivity (Wildman–Crippen MR) is 130 cm³/mol. The van der Waals surface area contributed by atoms with Crippen LogP contribution < -0.4 is 26.4 Å². The molecule has 1 aliphatic heterocycles. The molecule has 3 rings (SSSR count). The summed E-state index contributed by atoms with van der Waals surface area (Å²) in [4.78, 5) is 39.6. The van der Waals surface area contributed by atoms with E-state index in [-0.39, 0.29) is 41.0 Å². The van der Waals surface area contributed by atoms with Gasteiger partial charge in [0.25, 0.3) is 11.8 Å². The summed E-state index contributed by atoms with van der Waals surface area (Å²) in [7, 11) is 3.15. The van der Waals surface area contributed by atoms with Crippen LogP contribution in [0.2, 0.25) is 0 Å². The number of nitrogens with zero attached hydrogens (tertiary/aromatic N) is 4. The third-order valence-corrected chi connectivity index (χ3v) is 5.64. The van der Waals surface area contributed by atoms with E-state index in [1.807, 2.05) is 13.0 Å². The average molecular weight is 488 g/mol. The van der Waals surface area contributed by atoms with Crippen LogP contribution >= 0.6 is 0 Å². The zero-order valence-corrected chi connectivity index (χ0v) is 20.3. The largest absolute Gasteiger partial charge is 0.458 e. The van der Waals surface area contributed by atoms with Crippen molar-refractivity contribution in [3.8, 4) is 6.01 Å². The Balaban J connectivity index is 1.76. The smallest absolute Gasteiger partial charge is 0.319 e. The van der Waals surface area contributed by atoms with Crippen LogP contribution in [0.15, 0.2) is 18.2 Å². The Bertz CT molecular complexity index is 1030. The van der Waals surface area contributed by atoms with Gasteiger partial charge in [0, 0.05) is 51.5 Å². The molecule has 2 aromatic rings. The van der Waals surface area contributed by atoms with Crippen LogP contribution in [0.3, 0.4) is 0 Å². The van der Waals surface area contributed by atoms with Gasteiger partial charge in [-0.1, -0.05) is 0 Å². The van der Waals surface area contributed by atoms with Crippen molar-refractivity contribution in [2.75, 3.05) is 57.7 Å². The van der Waals surface area contributed by atoms with Crippen LogP contribution in [0.5, 0.6) is 6.01 Å². The second-order valence-corrected chi connectivity index (χ2v) is 8.33. The lowest BCUT2D eigenvalue weighted by Gasteiger charge is -2.33. The van der Waals surface area contributed by atoms with Gasteiger partial charge in [-0.15, -0.1) is 0 Å². The van der Waals surface area contributed by atoms with Crippen molar-refractivity contribution in [1.82, 2.24) is 20.3 Å². The number of piperidine rings is 1. The molecule has 5 N–H and O–H groups in total. The Morgan fingerprint density at radius 1 is 1.17 bits per heavy atom. The molecule has 2 amide bonds. The molecule has 1 aliphatic rings. The molecule has 12 heteroatoms. The molecular weight excluding hydrogens is 454 g/mol. The summed E-state index contributed by atoms with van der Waals surface area (Å²) < 4.78 is 15.9. The van der Waals surface area contributed by atoms with Crippen LogP contribution in [0.4, 0.5) is 11.5 Å². The minimum Gasteiger partial charge on any atom is -0.458 e. The number of amides is 2. The molecule has 35 heavy (non-hydrogen) atoms. The Morgan fingerprint density at radius 2 is 1.91 bits per heavy atom. The molecule has 0 radical (unpaired) electrons. The van der Waals surface area contributed by atoms with Gasteiger partial charge in [-0.05, 0) is 31.9 Å². The summed E-state index contributed by atoms with van der Waals surface area (Å²) in [5.41, 5.74) is 12.6. The summed E-state index contributed by atoms with van der Waals surface area (Å²) in [6.07, 6.45) is 1.25. The quantitative estimate of drug-likeness (QED) is 0.384. The maximum absolute atomic E-state index is 12.7. The molecule has 190 valence electrons. The number of methoxy groups -OCH3 is 2. The molecule has 1 fully saturated rings. The first-order valence-electron chi connectivity index (χ1n) is 11.4. The molecule has 3 heterocycles. The summed E-state index contributed by atoms with van der Waals surface area (Å²) in [5.74, 6) is -0.247. The molecule has 0 aromatic carbocycles. The number of aromatic nitrogens is 3. The minimum atomic E-state index is -0.644. The lowest BCUT2D eigenvalue weighted by Crippen LogP contribution is -2.35. The molecule has 1 atom stereocenters. The number of hydrogen-bond donors (Lipinski definition) is 3. The van der Waals surface area contributed by atoms with Crippen molar-refractivity contribution >= 4 is 23.3 Å². The van der Waals surface area contributed by atoms with Gasteiger partial charge in [-0.2, -0.15) is 9.97 Å². The number of ether oxygens (including phenoxy) is 3. The van der Waals surface area contributed by atoms with Crippen molar-refractivity contribution in [3.63, 3.8) is 0 Å². The standard InChI is InChI=1S/C23H33N7O5/c1-14(13-34-3)35-23-28-18(22(32)26-8-11-33-2)12-19(29-23)30-9-6-15(7-10-30)17-5-4-16(24)20(27-17)21(25)31/h4-5,12,14-15H,6-11,13,24H2,1-3H3,(H2,25,31)(H,26,32)/t14-/m1/s1. The number of hydrogen-bond acceptors (Lipinski definition) is 10. The van der Waals surface area contributed by atoms with Crippen LogP contribution in [-0.2, 0) is 9.47 Å². The van der Waals surface area contributed by atoms with E-state index in [1.54, 1.807) is 26.4 Å². The molecule has 0 saturated carbocycles. The maximum atomic E-state index is 12.7. The molecule has 12 nitrogen and oxygen atoms in total. The third-order valence-electron chi connectivity index (χ3n) is 5.64. The monoisotopic (exact) mass is 487 g/mol. The van der Waals surface area contributed by atoms with Gasteiger partial charge in [-0.25, -0.2) is 4.98 Å². The van der Waals surface area contributed by atoms with Crippen molar-refractivity contribution in [2.24, 2.45) is 5.73 Å². The Kier molecular flexibility index (Phi) is 9.15. The highest BCUT2D eigenvalue weighted by Crippen LogP contribution is 2.30. The zero-order chi connectivity index (χ0) is 25.4. The highest BCUT2D eigenvalue weighted by atomic mass is 16.5. The van der Waals surface area contributed by atoms with Crippen molar-refractivity contribution < 1.29 is 23.8 Å². The van der Waals surface area contributed by atoms with Gasteiger partial charge in [0.05, 0.1) is 18.9 Å². The number of carbonyl (C=O) groups is 2. The molecule has 0 bridgehead atoms. The van der Waals surface area contributed by atoms with Gasteiger partial charge in [0.2, 0.25) is 0 Å². The van der Waals surface area contributed by atoms with Crippen molar-refractivity contribution in [1.29, 1.82) is 0 Å². The fourth-order valence-corrected chi connectivity index (χ4v) is 3.86. The van der Waals surface area contributed by atoms with E-state index in [9.17, 15) is 9.59 Å². The van der Waals surface area contributed by atoms with Crippen LogP contribution in [0.25, 0.3) is 0 Å². The number of nitrogens with one attached hydrogen (secondary N) is 1. The van der Waals surface area contributed by atoms with Gasteiger partial charge in [0.15, 0.2) is 5.69 Å². The van der Waals surface area contributed by atoms with E-state index in [1.165, 1.54) is 0 Å². The highest BCUT2D eigenvalue weighted by molar-refractivity contribution is 5.95. The number of pyridine rings is 1. The number of carbonyl (C=O) groups excluding carboxylic acids is 2. The summed E-state index contributed by atoms with van der Waals surface area (Å²) in [6.45, 7) is 4.27. The SMILES string of the molecule is COCCNC(=O)c1cc(N2CCC(c3ccc(N)c(C(N)=O)n3)CC2)nc(O[C@H](C)COC)n1. The Labute approximate surface area is 204 Å². The number of anilines is 2. The maximum Gasteiger partial charge on any atom is 0.319 e.